The van der Waals surface area contributed by atoms with Gasteiger partial charge in [-0.1, -0.05) is 42.5 Å². The minimum absolute atomic E-state index is 0.0371. The first-order valence-electron chi connectivity index (χ1n) is 5.31. The molecule has 0 amide bonds. The van der Waals surface area contributed by atoms with Gasteiger partial charge in [-0.3, -0.25) is 4.79 Å². The highest BCUT2D eigenvalue weighted by atomic mass is 35.5. The molecule has 1 aromatic rings. The summed E-state index contributed by atoms with van der Waals surface area (Å²) < 4.78 is 4.84. The Hall–Kier alpha value is -1.87. The molecule has 0 aliphatic heterocycles. The van der Waals surface area contributed by atoms with Gasteiger partial charge < -0.3 is 4.74 Å². The number of hydrogen-bond donors (Lipinski definition) is 0. The number of ketones is 1. The molecule has 0 heterocycles. The van der Waals surface area contributed by atoms with Crippen LogP contribution in [0.15, 0.2) is 42.5 Å². The normalized spacial score (nSPS) is 10.9. The lowest BCUT2D eigenvalue weighted by molar-refractivity contribution is -0.139. The molecule has 0 spiro atoms. The van der Waals surface area contributed by atoms with Crippen LogP contribution in [0.3, 0.4) is 0 Å². The number of benzene rings is 1. The fraction of sp³-hybridized carbons (Fsp3) is 0.143. The number of rotatable bonds is 5. The molecule has 0 aliphatic rings. The van der Waals surface area contributed by atoms with Crippen LogP contribution in [0.2, 0.25) is 5.02 Å². The van der Waals surface area contributed by atoms with E-state index < -0.39 is 5.97 Å². The summed E-state index contributed by atoms with van der Waals surface area (Å²) in [6.07, 6.45) is 2.86. The first-order valence-corrected chi connectivity index (χ1v) is 5.69. The molecule has 3 nitrogen and oxygen atoms in total. The number of hydrogen-bond acceptors (Lipinski definition) is 3. The molecule has 0 atom stereocenters. The first kappa shape index (κ1) is 14.2. The second-order valence-corrected chi connectivity index (χ2v) is 3.93. The van der Waals surface area contributed by atoms with Gasteiger partial charge >= 0.3 is 5.97 Å². The third-order valence-electron chi connectivity index (χ3n) is 2.14. The maximum atomic E-state index is 11.7. The molecule has 0 saturated heterocycles. The summed E-state index contributed by atoms with van der Waals surface area (Å²) in [6, 6.07) is 6.93. The van der Waals surface area contributed by atoms with Gasteiger partial charge in [0, 0.05) is 5.02 Å². The third-order valence-corrected chi connectivity index (χ3v) is 2.48. The zero-order valence-electron chi connectivity index (χ0n) is 9.98. The summed E-state index contributed by atoms with van der Waals surface area (Å²) in [6.45, 7) is 4.80. The van der Waals surface area contributed by atoms with Crippen molar-refractivity contribution in [3.63, 3.8) is 0 Å². The molecule has 0 N–H and O–H groups in total. The molecule has 0 aliphatic carbocycles. The van der Waals surface area contributed by atoms with Crippen LogP contribution in [0.5, 0.6) is 0 Å². The predicted octanol–water partition coefficient (Wildman–Crippen LogP) is 3.04. The van der Waals surface area contributed by atoms with Gasteiger partial charge in [0.25, 0.3) is 0 Å². The average Bonchev–Trinajstić information content (AvgIpc) is 2.34. The number of esters is 1. The molecule has 0 fully saturated rings. The van der Waals surface area contributed by atoms with Crippen LogP contribution in [0.1, 0.15) is 12.5 Å². The van der Waals surface area contributed by atoms with Crippen LogP contribution in [0, 0.1) is 0 Å². The van der Waals surface area contributed by atoms with Crippen molar-refractivity contribution in [1.29, 1.82) is 0 Å². The first-order chi connectivity index (χ1) is 8.56. The topological polar surface area (TPSA) is 43.4 Å². The third kappa shape index (κ3) is 3.86. The van der Waals surface area contributed by atoms with Gasteiger partial charge in [-0.25, -0.2) is 4.79 Å². The van der Waals surface area contributed by atoms with E-state index in [1.165, 1.54) is 19.1 Å². The van der Waals surface area contributed by atoms with Gasteiger partial charge in [-0.05, 0) is 24.6 Å². The Kier molecular flexibility index (Phi) is 5.33. The molecule has 4 heteroatoms. The Morgan fingerprint density at radius 2 is 2.06 bits per heavy atom. The highest BCUT2D eigenvalue weighted by Crippen LogP contribution is 2.19. The summed E-state index contributed by atoms with van der Waals surface area (Å²) >= 11 is 5.96. The predicted molar refractivity (Wildman–Crippen MR) is 71.3 cm³/mol. The van der Waals surface area contributed by atoms with Crippen LogP contribution in [-0.2, 0) is 14.3 Å². The minimum Gasteiger partial charge on any atom is -0.458 e. The number of ether oxygens (including phenoxy) is 1. The van der Waals surface area contributed by atoms with E-state index in [-0.39, 0.29) is 18.0 Å². The van der Waals surface area contributed by atoms with Crippen molar-refractivity contribution in [3.05, 3.63) is 53.1 Å². The van der Waals surface area contributed by atoms with E-state index in [0.29, 0.717) is 10.6 Å². The van der Waals surface area contributed by atoms with E-state index in [2.05, 4.69) is 6.58 Å². The van der Waals surface area contributed by atoms with E-state index in [9.17, 15) is 9.59 Å². The average molecular weight is 265 g/mol. The van der Waals surface area contributed by atoms with Gasteiger partial charge in [0.15, 0.2) is 5.78 Å². The van der Waals surface area contributed by atoms with E-state index >= 15 is 0 Å². The van der Waals surface area contributed by atoms with Gasteiger partial charge in [0.05, 0.1) is 0 Å². The van der Waals surface area contributed by atoms with Gasteiger partial charge in [-0.2, -0.15) is 0 Å². The summed E-state index contributed by atoms with van der Waals surface area (Å²) in [5, 5.41) is 0.466. The van der Waals surface area contributed by atoms with Gasteiger partial charge in [0.1, 0.15) is 12.2 Å². The van der Waals surface area contributed by atoms with E-state index in [0.717, 1.165) is 0 Å². The highest BCUT2D eigenvalue weighted by Gasteiger charge is 2.16. The molecular weight excluding hydrogens is 252 g/mol. The Morgan fingerprint density at radius 3 is 2.61 bits per heavy atom. The molecule has 1 aromatic carbocycles. The van der Waals surface area contributed by atoms with E-state index in [1.54, 1.807) is 24.3 Å². The zero-order valence-corrected chi connectivity index (χ0v) is 10.7. The molecule has 1 rings (SSSR count). The van der Waals surface area contributed by atoms with Gasteiger partial charge in [0.2, 0.25) is 0 Å². The highest BCUT2D eigenvalue weighted by molar-refractivity contribution is 6.32. The molecular formula is C14H13ClO3. The van der Waals surface area contributed by atoms with Crippen LogP contribution in [0.25, 0.3) is 6.08 Å². The SMILES string of the molecule is C=CCOC(=O)/C(=C/c1ccccc1Cl)C(C)=O. The fourth-order valence-corrected chi connectivity index (χ4v) is 1.45. The Bertz CT molecular complexity index is 504. The van der Waals surface area contributed by atoms with Crippen molar-refractivity contribution in [2.75, 3.05) is 6.61 Å². The smallest absolute Gasteiger partial charge is 0.342 e. The van der Waals surface area contributed by atoms with Crippen molar-refractivity contribution in [2.45, 2.75) is 6.92 Å². The van der Waals surface area contributed by atoms with Crippen molar-refractivity contribution in [3.8, 4) is 0 Å². The molecule has 0 aromatic heterocycles. The zero-order chi connectivity index (χ0) is 13.5. The Morgan fingerprint density at radius 1 is 1.39 bits per heavy atom. The van der Waals surface area contributed by atoms with Crippen molar-refractivity contribution in [2.24, 2.45) is 0 Å². The van der Waals surface area contributed by atoms with Gasteiger partial charge in [-0.15, -0.1) is 0 Å². The monoisotopic (exact) mass is 264 g/mol. The quantitative estimate of drug-likeness (QED) is 0.270. The van der Waals surface area contributed by atoms with E-state index in [1.807, 2.05) is 0 Å². The number of carbonyl (C=O) groups is 2. The summed E-state index contributed by atoms with van der Waals surface area (Å²) in [5.74, 6) is -1.05. The molecule has 0 saturated carbocycles. The Balaban J connectivity index is 3.05. The number of carbonyl (C=O) groups excluding carboxylic acids is 2. The largest absolute Gasteiger partial charge is 0.458 e. The molecule has 0 bridgehead atoms. The van der Waals surface area contributed by atoms with Crippen LogP contribution >= 0.6 is 11.6 Å². The maximum absolute atomic E-state index is 11.7. The van der Waals surface area contributed by atoms with Crippen LogP contribution in [-0.4, -0.2) is 18.4 Å². The fourth-order valence-electron chi connectivity index (χ4n) is 1.26. The standard InChI is InChI=1S/C14H13ClO3/c1-3-8-18-14(17)12(10(2)16)9-11-6-4-5-7-13(11)15/h3-7,9H,1,8H2,2H3/b12-9+. The lowest BCUT2D eigenvalue weighted by Crippen LogP contribution is -2.13. The van der Waals surface area contributed by atoms with Crippen molar-refractivity contribution < 1.29 is 14.3 Å². The number of halogens is 1. The summed E-state index contributed by atoms with van der Waals surface area (Å²) in [5.41, 5.74) is 0.560. The molecule has 94 valence electrons. The van der Waals surface area contributed by atoms with E-state index in [4.69, 9.17) is 16.3 Å². The van der Waals surface area contributed by atoms with Crippen molar-refractivity contribution in [1.82, 2.24) is 0 Å². The molecule has 0 unspecified atom stereocenters. The Labute approximate surface area is 111 Å². The molecule has 0 radical (unpaired) electrons. The van der Waals surface area contributed by atoms with Crippen LogP contribution < -0.4 is 0 Å². The summed E-state index contributed by atoms with van der Waals surface area (Å²) in [4.78, 5) is 23.1. The second kappa shape index (κ2) is 6.77. The lowest BCUT2D eigenvalue weighted by atomic mass is 10.1. The minimum atomic E-state index is -0.678. The second-order valence-electron chi connectivity index (χ2n) is 3.52. The van der Waals surface area contributed by atoms with Crippen molar-refractivity contribution >= 4 is 29.4 Å². The summed E-state index contributed by atoms with van der Waals surface area (Å²) in [7, 11) is 0. The number of Topliss-reactive ketones (excluding diaryl/α,β-unsaturated/α-hetero) is 1. The lowest BCUT2D eigenvalue weighted by Gasteiger charge is -2.04. The molecule has 18 heavy (non-hydrogen) atoms. The van der Waals surface area contributed by atoms with Crippen LogP contribution in [0.4, 0.5) is 0 Å². The maximum Gasteiger partial charge on any atom is 0.342 e.